The van der Waals surface area contributed by atoms with Crippen LogP contribution in [0.5, 0.6) is 0 Å². The molecule has 148 valence electrons. The standard InChI is InChI=1S/C19H19BrN2O4S2/c1-4-26-17(23)11-22-19(18(20)12(2)21-22)16-9-8-15(27-16)13-6-5-7-14(10-13)28(3,24)25/h5-10H,4,11H2,1-3H3. The Morgan fingerprint density at radius 1 is 1.25 bits per heavy atom. The van der Waals surface area contributed by atoms with Crippen molar-refractivity contribution in [2.45, 2.75) is 25.3 Å². The molecule has 0 radical (unpaired) electrons. The molecule has 0 bridgehead atoms. The van der Waals surface area contributed by atoms with Crippen molar-refractivity contribution >= 4 is 43.1 Å². The van der Waals surface area contributed by atoms with Crippen LogP contribution in [0, 0.1) is 6.92 Å². The Morgan fingerprint density at radius 2 is 1.96 bits per heavy atom. The van der Waals surface area contributed by atoms with E-state index < -0.39 is 9.84 Å². The van der Waals surface area contributed by atoms with E-state index in [0.29, 0.717) is 6.61 Å². The van der Waals surface area contributed by atoms with Gasteiger partial charge in [0.1, 0.15) is 6.54 Å². The Balaban J connectivity index is 2.00. The molecule has 0 saturated heterocycles. The molecule has 9 heteroatoms. The van der Waals surface area contributed by atoms with Gasteiger partial charge < -0.3 is 4.74 Å². The molecule has 0 saturated carbocycles. The van der Waals surface area contributed by atoms with Crippen LogP contribution < -0.4 is 0 Å². The van der Waals surface area contributed by atoms with Crippen molar-refractivity contribution in [2.24, 2.45) is 0 Å². The highest BCUT2D eigenvalue weighted by Gasteiger charge is 2.19. The smallest absolute Gasteiger partial charge is 0.327 e. The molecule has 0 unspecified atom stereocenters. The molecule has 0 N–H and O–H groups in total. The van der Waals surface area contributed by atoms with Crippen molar-refractivity contribution in [3.63, 3.8) is 0 Å². The van der Waals surface area contributed by atoms with E-state index >= 15 is 0 Å². The third kappa shape index (κ3) is 4.37. The lowest BCUT2D eigenvalue weighted by atomic mass is 10.2. The molecule has 0 atom stereocenters. The predicted molar refractivity (Wildman–Crippen MR) is 113 cm³/mol. The van der Waals surface area contributed by atoms with Crippen LogP contribution in [0.25, 0.3) is 21.0 Å². The number of carbonyl (C=O) groups excluding carboxylic acids is 1. The van der Waals surface area contributed by atoms with Gasteiger partial charge in [-0.2, -0.15) is 5.10 Å². The van der Waals surface area contributed by atoms with E-state index in [-0.39, 0.29) is 17.4 Å². The number of ether oxygens (including phenoxy) is 1. The fourth-order valence-corrected chi connectivity index (χ4v) is 5.09. The predicted octanol–water partition coefficient (Wildman–Crippen LogP) is 4.32. The van der Waals surface area contributed by atoms with Gasteiger partial charge in [0.05, 0.1) is 32.2 Å². The van der Waals surface area contributed by atoms with Gasteiger partial charge in [-0.15, -0.1) is 11.3 Å². The number of esters is 1. The van der Waals surface area contributed by atoms with Crippen LogP contribution in [0.15, 0.2) is 45.8 Å². The van der Waals surface area contributed by atoms with E-state index in [9.17, 15) is 13.2 Å². The van der Waals surface area contributed by atoms with Gasteiger partial charge in [0.15, 0.2) is 9.84 Å². The first kappa shape index (κ1) is 20.8. The summed E-state index contributed by atoms with van der Waals surface area (Å²) >= 11 is 5.06. The lowest BCUT2D eigenvalue weighted by Gasteiger charge is -2.06. The number of halogens is 1. The monoisotopic (exact) mass is 482 g/mol. The lowest BCUT2D eigenvalue weighted by Crippen LogP contribution is -2.15. The number of sulfone groups is 1. The SMILES string of the molecule is CCOC(=O)Cn1nc(C)c(Br)c1-c1ccc(-c2cccc(S(C)(=O)=O)c2)s1. The molecular formula is C19H19BrN2O4S2. The number of benzene rings is 1. The molecule has 6 nitrogen and oxygen atoms in total. The Labute approximate surface area is 176 Å². The Morgan fingerprint density at radius 3 is 2.64 bits per heavy atom. The van der Waals surface area contributed by atoms with Crippen molar-refractivity contribution in [1.82, 2.24) is 9.78 Å². The van der Waals surface area contributed by atoms with Gasteiger partial charge in [-0.05, 0) is 59.6 Å². The third-order valence-corrected chi connectivity index (χ3v) is 7.23. The van der Waals surface area contributed by atoms with Crippen LogP contribution in [0.2, 0.25) is 0 Å². The second kappa shape index (κ2) is 8.18. The van der Waals surface area contributed by atoms with E-state index in [1.54, 1.807) is 29.8 Å². The Kier molecular flexibility index (Phi) is 6.07. The highest BCUT2D eigenvalue weighted by Crippen LogP contribution is 2.39. The first-order valence-electron chi connectivity index (χ1n) is 8.50. The van der Waals surface area contributed by atoms with Crippen LogP contribution in [0.4, 0.5) is 0 Å². The number of hydrogen-bond donors (Lipinski definition) is 0. The number of carbonyl (C=O) groups is 1. The van der Waals surface area contributed by atoms with E-state index in [1.165, 1.54) is 17.6 Å². The minimum atomic E-state index is -3.28. The molecule has 0 aliphatic heterocycles. The zero-order valence-corrected chi connectivity index (χ0v) is 18.8. The highest BCUT2D eigenvalue weighted by molar-refractivity contribution is 9.10. The molecule has 2 aromatic heterocycles. The molecule has 3 rings (SSSR count). The van der Waals surface area contributed by atoms with E-state index in [0.717, 1.165) is 31.2 Å². The Bertz CT molecular complexity index is 1130. The van der Waals surface area contributed by atoms with Gasteiger partial charge in [-0.25, -0.2) is 8.42 Å². The molecule has 3 aromatic rings. The molecule has 0 spiro atoms. The number of nitrogens with zero attached hydrogens (tertiary/aromatic N) is 2. The molecule has 0 fully saturated rings. The molecule has 28 heavy (non-hydrogen) atoms. The average Bonchev–Trinajstić information content (AvgIpc) is 3.20. The van der Waals surface area contributed by atoms with Crippen molar-refractivity contribution in [3.05, 3.63) is 46.6 Å². The number of thiophene rings is 1. The van der Waals surface area contributed by atoms with Crippen LogP contribution in [-0.4, -0.2) is 37.0 Å². The minimum Gasteiger partial charge on any atom is -0.465 e. The number of hydrogen-bond acceptors (Lipinski definition) is 6. The fourth-order valence-electron chi connectivity index (χ4n) is 2.74. The summed E-state index contributed by atoms with van der Waals surface area (Å²) in [5, 5.41) is 4.43. The molecule has 1 aromatic carbocycles. The van der Waals surface area contributed by atoms with Gasteiger partial charge in [0.2, 0.25) is 0 Å². The zero-order chi connectivity index (χ0) is 20.5. The van der Waals surface area contributed by atoms with Gasteiger partial charge in [0, 0.05) is 11.1 Å². The maximum atomic E-state index is 11.9. The fraction of sp³-hybridized carbons (Fsp3) is 0.263. The maximum Gasteiger partial charge on any atom is 0.327 e. The largest absolute Gasteiger partial charge is 0.465 e. The van der Waals surface area contributed by atoms with Gasteiger partial charge in [0.25, 0.3) is 0 Å². The number of aryl methyl sites for hydroxylation is 1. The van der Waals surface area contributed by atoms with Crippen LogP contribution in [0.1, 0.15) is 12.6 Å². The number of rotatable bonds is 6. The second-order valence-electron chi connectivity index (χ2n) is 6.17. The molecule has 2 heterocycles. The van der Waals surface area contributed by atoms with Crippen molar-refractivity contribution in [3.8, 4) is 21.0 Å². The summed E-state index contributed by atoms with van der Waals surface area (Å²) in [4.78, 5) is 14.0. The molecule has 0 aliphatic carbocycles. The van der Waals surface area contributed by atoms with E-state index in [2.05, 4.69) is 21.0 Å². The second-order valence-corrected chi connectivity index (χ2v) is 10.1. The quantitative estimate of drug-likeness (QED) is 0.488. The molecule has 0 amide bonds. The summed E-state index contributed by atoms with van der Waals surface area (Å²) in [5.41, 5.74) is 2.39. The van der Waals surface area contributed by atoms with Crippen molar-refractivity contribution in [2.75, 3.05) is 12.9 Å². The highest BCUT2D eigenvalue weighted by atomic mass is 79.9. The maximum absolute atomic E-state index is 11.9. The topological polar surface area (TPSA) is 78.3 Å². The van der Waals surface area contributed by atoms with Crippen LogP contribution >= 0.6 is 27.3 Å². The molecule has 0 aliphatic rings. The van der Waals surface area contributed by atoms with Crippen LogP contribution in [-0.2, 0) is 25.9 Å². The summed E-state index contributed by atoms with van der Waals surface area (Å²) in [5.74, 6) is -0.351. The summed E-state index contributed by atoms with van der Waals surface area (Å²) < 4.78 is 31.1. The summed E-state index contributed by atoms with van der Waals surface area (Å²) in [6, 6.07) is 10.7. The Hall–Kier alpha value is -1.97. The van der Waals surface area contributed by atoms with Crippen molar-refractivity contribution in [1.29, 1.82) is 0 Å². The molecular weight excluding hydrogens is 464 g/mol. The normalized spacial score (nSPS) is 11.6. The van der Waals surface area contributed by atoms with E-state index in [4.69, 9.17) is 4.74 Å². The summed E-state index contributed by atoms with van der Waals surface area (Å²) in [6.07, 6.45) is 1.19. The van der Waals surface area contributed by atoms with Crippen LogP contribution in [0.3, 0.4) is 0 Å². The van der Waals surface area contributed by atoms with Gasteiger partial charge in [-0.1, -0.05) is 12.1 Å². The third-order valence-electron chi connectivity index (χ3n) is 4.02. The minimum absolute atomic E-state index is 0.0202. The van der Waals surface area contributed by atoms with Crippen molar-refractivity contribution < 1.29 is 17.9 Å². The first-order valence-corrected chi connectivity index (χ1v) is 12.0. The summed E-state index contributed by atoms with van der Waals surface area (Å²) in [7, 11) is -3.28. The van der Waals surface area contributed by atoms with E-state index in [1.807, 2.05) is 25.1 Å². The average molecular weight is 483 g/mol. The zero-order valence-electron chi connectivity index (χ0n) is 15.6. The number of aromatic nitrogens is 2. The lowest BCUT2D eigenvalue weighted by molar-refractivity contribution is -0.144. The van der Waals surface area contributed by atoms with Gasteiger partial charge in [-0.3, -0.25) is 9.48 Å². The van der Waals surface area contributed by atoms with Gasteiger partial charge >= 0.3 is 5.97 Å². The summed E-state index contributed by atoms with van der Waals surface area (Å²) in [6.45, 7) is 3.96. The first-order chi connectivity index (χ1) is 13.2.